The molecule has 0 aromatic carbocycles. The van der Waals surface area contributed by atoms with E-state index >= 15 is 0 Å². The second-order valence-electron chi connectivity index (χ2n) is 5.65. The fourth-order valence-electron chi connectivity index (χ4n) is 3.34. The monoisotopic (exact) mass is 311 g/mol. The fourth-order valence-corrected chi connectivity index (χ4v) is 3.94. The number of aromatic nitrogens is 2. The summed E-state index contributed by atoms with van der Waals surface area (Å²) in [6, 6.07) is 0.640. The summed E-state index contributed by atoms with van der Waals surface area (Å²) in [6.07, 6.45) is 8.97. The van der Waals surface area contributed by atoms with Crippen LogP contribution >= 0.6 is 15.9 Å². The number of halogens is 1. The minimum absolute atomic E-state index is 0.640. The summed E-state index contributed by atoms with van der Waals surface area (Å²) in [5, 5.41) is 8.46. The van der Waals surface area contributed by atoms with Crippen molar-refractivity contribution in [2.75, 3.05) is 11.9 Å². The van der Waals surface area contributed by atoms with Gasteiger partial charge in [0, 0.05) is 6.54 Å². The number of fused-ring (bicyclic) bond motifs is 3. The lowest BCUT2D eigenvalue weighted by molar-refractivity contribution is 0.221. The Bertz CT molecular complexity index is 427. The van der Waals surface area contributed by atoms with Gasteiger partial charge in [-0.3, -0.25) is 0 Å². The first-order chi connectivity index (χ1) is 8.81. The molecule has 2 atom stereocenters. The topological polar surface area (TPSA) is 29.9 Å². The molecule has 4 heteroatoms. The third kappa shape index (κ3) is 2.09. The molecule has 1 aromatic heterocycles. The van der Waals surface area contributed by atoms with Gasteiger partial charge in [0.05, 0.1) is 16.2 Å². The van der Waals surface area contributed by atoms with Crippen LogP contribution in [0.4, 0.5) is 5.82 Å². The number of hydrogen-bond acceptors (Lipinski definition) is 2. The molecule has 2 unspecified atom stereocenters. The molecule has 1 aromatic rings. The van der Waals surface area contributed by atoms with E-state index in [1.165, 1.54) is 54.5 Å². The highest BCUT2D eigenvalue weighted by atomic mass is 79.9. The van der Waals surface area contributed by atoms with E-state index in [1.807, 2.05) is 0 Å². The fraction of sp³-hybridized carbons (Fsp3) is 0.786. The van der Waals surface area contributed by atoms with Crippen LogP contribution in [0.25, 0.3) is 0 Å². The number of nitrogens with zero attached hydrogens (tertiary/aromatic N) is 2. The molecule has 100 valence electrons. The van der Waals surface area contributed by atoms with Crippen LogP contribution in [0.3, 0.4) is 0 Å². The predicted octanol–water partition coefficient (Wildman–Crippen LogP) is 4.15. The van der Waals surface area contributed by atoms with Gasteiger partial charge in [-0.1, -0.05) is 26.2 Å². The van der Waals surface area contributed by atoms with E-state index in [0.717, 1.165) is 18.9 Å². The van der Waals surface area contributed by atoms with E-state index in [9.17, 15) is 0 Å². The van der Waals surface area contributed by atoms with Gasteiger partial charge in [-0.25, -0.2) is 4.68 Å². The number of aryl methyl sites for hydroxylation is 1. The van der Waals surface area contributed by atoms with E-state index in [4.69, 9.17) is 5.10 Å². The highest BCUT2D eigenvalue weighted by molar-refractivity contribution is 9.10. The number of unbranched alkanes of at least 4 members (excludes halogenated alkanes) is 1. The molecular formula is C14H22BrN3. The van der Waals surface area contributed by atoms with Gasteiger partial charge in [0.25, 0.3) is 0 Å². The lowest BCUT2D eigenvalue weighted by Crippen LogP contribution is -2.35. The Balaban J connectivity index is 1.89. The normalized spacial score (nSPS) is 26.3. The van der Waals surface area contributed by atoms with E-state index < -0.39 is 0 Å². The first-order valence-corrected chi connectivity index (χ1v) is 8.11. The summed E-state index contributed by atoms with van der Waals surface area (Å²) >= 11 is 3.74. The average molecular weight is 312 g/mol. The highest BCUT2D eigenvalue weighted by Gasteiger charge is 2.34. The standard InChI is InChI=1S/C14H22BrN3/c1-2-3-7-11-13(15)14-16-9-10-6-4-5-8-12(10)18(14)17-11/h10,12,16H,2-9H2,1H3. The molecule has 2 heterocycles. The molecule has 0 amide bonds. The van der Waals surface area contributed by atoms with Gasteiger partial charge in [-0.2, -0.15) is 5.10 Å². The molecule has 0 radical (unpaired) electrons. The number of hydrogen-bond donors (Lipinski definition) is 1. The third-order valence-electron chi connectivity index (χ3n) is 4.40. The van der Waals surface area contributed by atoms with Crippen LogP contribution < -0.4 is 5.32 Å². The second kappa shape index (κ2) is 5.24. The van der Waals surface area contributed by atoms with Crippen molar-refractivity contribution in [2.24, 2.45) is 5.92 Å². The van der Waals surface area contributed by atoms with Crippen LogP contribution in [0.1, 0.15) is 57.2 Å². The van der Waals surface area contributed by atoms with Crippen LogP contribution in [0.2, 0.25) is 0 Å². The molecule has 0 spiro atoms. The van der Waals surface area contributed by atoms with Crippen molar-refractivity contribution in [3.8, 4) is 0 Å². The van der Waals surface area contributed by atoms with Crippen molar-refractivity contribution in [3.63, 3.8) is 0 Å². The summed E-state index contributed by atoms with van der Waals surface area (Å²) < 4.78 is 3.49. The van der Waals surface area contributed by atoms with Crippen molar-refractivity contribution < 1.29 is 0 Å². The summed E-state index contributed by atoms with van der Waals surface area (Å²) in [5.74, 6) is 2.02. The molecule has 18 heavy (non-hydrogen) atoms. The van der Waals surface area contributed by atoms with Gasteiger partial charge in [-0.15, -0.1) is 0 Å². The molecular weight excluding hydrogens is 290 g/mol. The maximum atomic E-state index is 4.88. The van der Waals surface area contributed by atoms with Crippen molar-refractivity contribution in [1.29, 1.82) is 0 Å². The maximum Gasteiger partial charge on any atom is 0.139 e. The summed E-state index contributed by atoms with van der Waals surface area (Å²) in [5.41, 5.74) is 1.24. The summed E-state index contributed by atoms with van der Waals surface area (Å²) in [4.78, 5) is 0. The Kier molecular flexibility index (Phi) is 3.64. The number of nitrogens with one attached hydrogen (secondary N) is 1. The van der Waals surface area contributed by atoms with Crippen molar-refractivity contribution >= 4 is 21.7 Å². The van der Waals surface area contributed by atoms with Gasteiger partial charge in [0.15, 0.2) is 0 Å². The van der Waals surface area contributed by atoms with E-state index in [1.54, 1.807) is 0 Å². The van der Waals surface area contributed by atoms with Gasteiger partial charge < -0.3 is 5.32 Å². The molecule has 1 aliphatic heterocycles. The molecule has 1 aliphatic carbocycles. The minimum atomic E-state index is 0.640. The SMILES string of the molecule is CCCCc1nn2c(c1Br)NCC1CCCCC12. The van der Waals surface area contributed by atoms with Crippen LogP contribution in [-0.4, -0.2) is 16.3 Å². The Morgan fingerprint density at radius 3 is 3.06 bits per heavy atom. The average Bonchev–Trinajstić information content (AvgIpc) is 2.74. The second-order valence-corrected chi connectivity index (χ2v) is 6.44. The Morgan fingerprint density at radius 1 is 1.39 bits per heavy atom. The highest BCUT2D eigenvalue weighted by Crippen LogP contribution is 2.42. The lowest BCUT2D eigenvalue weighted by Gasteiger charge is -2.37. The first kappa shape index (κ1) is 12.5. The van der Waals surface area contributed by atoms with Crippen LogP contribution in [0, 0.1) is 5.92 Å². The zero-order valence-corrected chi connectivity index (χ0v) is 12.7. The maximum absolute atomic E-state index is 4.88. The quantitative estimate of drug-likeness (QED) is 0.909. The number of rotatable bonds is 3. The molecule has 2 aliphatic rings. The zero-order chi connectivity index (χ0) is 12.5. The minimum Gasteiger partial charge on any atom is -0.369 e. The van der Waals surface area contributed by atoms with Crippen molar-refractivity contribution in [1.82, 2.24) is 9.78 Å². The van der Waals surface area contributed by atoms with Gasteiger partial charge in [0.1, 0.15) is 5.82 Å². The molecule has 1 N–H and O–H groups in total. The predicted molar refractivity (Wildman–Crippen MR) is 78.0 cm³/mol. The van der Waals surface area contributed by atoms with Crippen LogP contribution in [-0.2, 0) is 6.42 Å². The lowest BCUT2D eigenvalue weighted by atomic mass is 9.83. The zero-order valence-electron chi connectivity index (χ0n) is 11.1. The Morgan fingerprint density at radius 2 is 2.22 bits per heavy atom. The van der Waals surface area contributed by atoms with Gasteiger partial charge >= 0.3 is 0 Å². The smallest absolute Gasteiger partial charge is 0.139 e. The molecule has 0 bridgehead atoms. The molecule has 0 saturated heterocycles. The van der Waals surface area contributed by atoms with E-state index in [2.05, 4.69) is 32.9 Å². The van der Waals surface area contributed by atoms with Crippen LogP contribution in [0.5, 0.6) is 0 Å². The first-order valence-electron chi connectivity index (χ1n) is 7.32. The molecule has 3 nitrogen and oxygen atoms in total. The third-order valence-corrected chi connectivity index (χ3v) is 5.23. The Labute approximate surface area is 117 Å². The summed E-state index contributed by atoms with van der Waals surface area (Å²) in [7, 11) is 0. The molecule has 1 saturated carbocycles. The summed E-state index contributed by atoms with van der Waals surface area (Å²) in [6.45, 7) is 3.36. The van der Waals surface area contributed by atoms with Crippen molar-refractivity contribution in [3.05, 3.63) is 10.2 Å². The number of anilines is 1. The van der Waals surface area contributed by atoms with Gasteiger partial charge in [-0.05, 0) is 47.5 Å². The van der Waals surface area contributed by atoms with E-state index in [-0.39, 0.29) is 0 Å². The van der Waals surface area contributed by atoms with Crippen LogP contribution in [0.15, 0.2) is 4.47 Å². The van der Waals surface area contributed by atoms with Crippen molar-refractivity contribution in [2.45, 2.75) is 57.9 Å². The largest absolute Gasteiger partial charge is 0.369 e. The van der Waals surface area contributed by atoms with E-state index in [0.29, 0.717) is 6.04 Å². The molecule has 3 rings (SSSR count). The van der Waals surface area contributed by atoms with Gasteiger partial charge in [0.2, 0.25) is 0 Å². The Hall–Kier alpha value is -0.510. The molecule has 1 fully saturated rings.